The van der Waals surface area contributed by atoms with Crippen LogP contribution in [0.5, 0.6) is 0 Å². The zero-order chi connectivity index (χ0) is 12.6. The number of hydrogen-bond donors (Lipinski definition) is 1. The molecule has 1 aliphatic heterocycles. The van der Waals surface area contributed by atoms with Gasteiger partial charge >= 0.3 is 5.97 Å². The van der Waals surface area contributed by atoms with Gasteiger partial charge in [0.15, 0.2) is 0 Å². The van der Waals surface area contributed by atoms with Crippen LogP contribution in [0.15, 0.2) is 24.3 Å². The molecule has 3 nitrogen and oxygen atoms in total. The topological polar surface area (TPSA) is 38.3 Å². The Kier molecular flexibility index (Phi) is 2.86. The Morgan fingerprint density at radius 2 is 2.17 bits per heavy atom. The van der Waals surface area contributed by atoms with E-state index in [1.807, 2.05) is 0 Å². The minimum Gasteiger partial charge on any atom is -0.469 e. The summed E-state index contributed by atoms with van der Waals surface area (Å²) in [6.07, 6.45) is 3.15. The van der Waals surface area contributed by atoms with Gasteiger partial charge in [-0.25, -0.2) is 0 Å². The van der Waals surface area contributed by atoms with Gasteiger partial charge in [0.25, 0.3) is 0 Å². The van der Waals surface area contributed by atoms with Gasteiger partial charge in [-0.15, -0.1) is 0 Å². The molecule has 1 N–H and O–H groups in total. The molecule has 2 unspecified atom stereocenters. The highest BCUT2D eigenvalue weighted by molar-refractivity contribution is 5.74. The summed E-state index contributed by atoms with van der Waals surface area (Å²) in [6, 6.07) is 8.59. The Morgan fingerprint density at radius 1 is 1.39 bits per heavy atom. The van der Waals surface area contributed by atoms with E-state index < -0.39 is 0 Å². The average Bonchev–Trinajstić information content (AvgIpc) is 2.81. The normalized spacial score (nSPS) is 30.2. The zero-order valence-corrected chi connectivity index (χ0v) is 10.7. The van der Waals surface area contributed by atoms with Gasteiger partial charge in [0.1, 0.15) is 0 Å². The van der Waals surface area contributed by atoms with Crippen LogP contribution in [0.3, 0.4) is 0 Å². The van der Waals surface area contributed by atoms with E-state index in [0.29, 0.717) is 0 Å². The highest BCUT2D eigenvalue weighted by atomic mass is 16.5. The number of methoxy groups -OCH3 is 1. The van der Waals surface area contributed by atoms with Gasteiger partial charge < -0.3 is 10.1 Å². The number of hydrogen-bond acceptors (Lipinski definition) is 3. The fourth-order valence-corrected chi connectivity index (χ4v) is 3.55. The Labute approximate surface area is 108 Å². The molecule has 1 saturated heterocycles. The van der Waals surface area contributed by atoms with Crippen LogP contribution in [0.1, 0.15) is 17.5 Å². The molecule has 1 aromatic rings. The monoisotopic (exact) mass is 245 g/mol. The number of fused-ring (bicyclic) bond motifs is 1. The molecule has 1 spiro atoms. The number of benzene rings is 1. The SMILES string of the molecule is COC(=O)C1CNCC12CCc1ccccc1C2. The molecule has 3 heteroatoms. The lowest BCUT2D eigenvalue weighted by atomic mass is 9.66. The van der Waals surface area contributed by atoms with Gasteiger partial charge in [0.2, 0.25) is 0 Å². The summed E-state index contributed by atoms with van der Waals surface area (Å²) in [6.45, 7) is 1.69. The molecule has 1 heterocycles. The van der Waals surface area contributed by atoms with E-state index in [9.17, 15) is 4.79 Å². The Balaban J connectivity index is 1.91. The summed E-state index contributed by atoms with van der Waals surface area (Å²) in [5, 5.41) is 3.38. The van der Waals surface area contributed by atoms with Gasteiger partial charge in [-0.3, -0.25) is 4.79 Å². The first-order chi connectivity index (χ1) is 8.75. The van der Waals surface area contributed by atoms with E-state index in [1.54, 1.807) is 0 Å². The first-order valence-corrected chi connectivity index (χ1v) is 6.60. The van der Waals surface area contributed by atoms with E-state index in [2.05, 4.69) is 29.6 Å². The van der Waals surface area contributed by atoms with E-state index in [0.717, 1.165) is 32.4 Å². The summed E-state index contributed by atoms with van der Waals surface area (Å²) in [5.41, 5.74) is 2.92. The lowest BCUT2D eigenvalue weighted by Crippen LogP contribution is -2.40. The molecule has 1 fully saturated rings. The number of esters is 1. The molecule has 0 aromatic heterocycles. The van der Waals surface area contributed by atoms with Crippen LogP contribution in [0, 0.1) is 11.3 Å². The van der Waals surface area contributed by atoms with Crippen LogP contribution in [-0.2, 0) is 22.4 Å². The summed E-state index contributed by atoms with van der Waals surface area (Å²) in [7, 11) is 1.49. The largest absolute Gasteiger partial charge is 0.469 e. The van der Waals surface area contributed by atoms with Gasteiger partial charge in [-0.1, -0.05) is 24.3 Å². The molecule has 1 aliphatic carbocycles. The summed E-state index contributed by atoms with van der Waals surface area (Å²) in [4.78, 5) is 11.9. The average molecular weight is 245 g/mol. The van der Waals surface area contributed by atoms with Crippen molar-refractivity contribution in [3.05, 3.63) is 35.4 Å². The maximum Gasteiger partial charge on any atom is 0.310 e. The first-order valence-electron chi connectivity index (χ1n) is 6.60. The van der Waals surface area contributed by atoms with Crippen molar-refractivity contribution in [2.45, 2.75) is 19.3 Å². The van der Waals surface area contributed by atoms with E-state index in [-0.39, 0.29) is 17.3 Å². The van der Waals surface area contributed by atoms with Crippen molar-refractivity contribution < 1.29 is 9.53 Å². The molecule has 96 valence electrons. The van der Waals surface area contributed by atoms with E-state index >= 15 is 0 Å². The Morgan fingerprint density at radius 3 is 2.94 bits per heavy atom. The highest BCUT2D eigenvalue weighted by Gasteiger charge is 2.48. The van der Waals surface area contributed by atoms with Crippen molar-refractivity contribution in [2.24, 2.45) is 11.3 Å². The van der Waals surface area contributed by atoms with Crippen molar-refractivity contribution in [2.75, 3.05) is 20.2 Å². The van der Waals surface area contributed by atoms with Crippen LogP contribution in [0.4, 0.5) is 0 Å². The number of carbonyl (C=O) groups excluding carboxylic acids is 1. The minimum absolute atomic E-state index is 0.0101. The third-order valence-electron chi connectivity index (χ3n) is 4.60. The van der Waals surface area contributed by atoms with E-state index in [1.165, 1.54) is 18.2 Å². The van der Waals surface area contributed by atoms with Gasteiger partial charge in [0, 0.05) is 18.5 Å². The molecule has 0 amide bonds. The fraction of sp³-hybridized carbons (Fsp3) is 0.533. The molecule has 2 atom stereocenters. The highest BCUT2D eigenvalue weighted by Crippen LogP contribution is 2.44. The predicted octanol–water partition coefficient (Wildman–Crippen LogP) is 1.55. The fourth-order valence-electron chi connectivity index (χ4n) is 3.55. The number of nitrogens with one attached hydrogen (secondary N) is 1. The third kappa shape index (κ3) is 1.74. The van der Waals surface area contributed by atoms with Crippen LogP contribution in [0.25, 0.3) is 0 Å². The number of ether oxygens (including phenoxy) is 1. The minimum atomic E-state index is -0.0561. The van der Waals surface area contributed by atoms with Crippen LogP contribution >= 0.6 is 0 Å². The van der Waals surface area contributed by atoms with Crippen LogP contribution in [0.2, 0.25) is 0 Å². The van der Waals surface area contributed by atoms with Crippen molar-refractivity contribution in [1.82, 2.24) is 5.32 Å². The molecular weight excluding hydrogens is 226 g/mol. The number of rotatable bonds is 1. The standard InChI is InChI=1S/C15H19NO2/c1-18-14(17)13-9-16-10-15(13)7-6-11-4-2-3-5-12(11)8-15/h2-5,13,16H,6-10H2,1H3. The van der Waals surface area contributed by atoms with Crippen molar-refractivity contribution in [1.29, 1.82) is 0 Å². The summed E-state index contributed by atoms with van der Waals surface area (Å²) >= 11 is 0. The smallest absolute Gasteiger partial charge is 0.310 e. The molecule has 0 saturated carbocycles. The number of carbonyl (C=O) groups is 1. The van der Waals surface area contributed by atoms with Crippen molar-refractivity contribution >= 4 is 5.97 Å². The lowest BCUT2D eigenvalue weighted by Gasteiger charge is -2.37. The summed E-state index contributed by atoms with van der Waals surface area (Å²) < 4.78 is 4.97. The molecule has 0 radical (unpaired) electrons. The lowest BCUT2D eigenvalue weighted by molar-refractivity contribution is -0.148. The first kappa shape index (κ1) is 11.7. The van der Waals surface area contributed by atoms with Crippen molar-refractivity contribution in [3.8, 4) is 0 Å². The Hall–Kier alpha value is -1.35. The third-order valence-corrected chi connectivity index (χ3v) is 4.60. The maximum absolute atomic E-state index is 11.9. The second-order valence-corrected chi connectivity index (χ2v) is 5.51. The van der Waals surface area contributed by atoms with Crippen LogP contribution < -0.4 is 5.32 Å². The van der Waals surface area contributed by atoms with Gasteiger partial charge in [-0.2, -0.15) is 0 Å². The van der Waals surface area contributed by atoms with Gasteiger partial charge in [0.05, 0.1) is 13.0 Å². The quantitative estimate of drug-likeness (QED) is 0.763. The van der Waals surface area contributed by atoms with Crippen molar-refractivity contribution in [3.63, 3.8) is 0 Å². The molecule has 1 aromatic carbocycles. The zero-order valence-electron chi connectivity index (χ0n) is 10.7. The van der Waals surface area contributed by atoms with Crippen LogP contribution in [-0.4, -0.2) is 26.2 Å². The molecular formula is C15H19NO2. The van der Waals surface area contributed by atoms with E-state index in [4.69, 9.17) is 4.74 Å². The Bertz CT molecular complexity index is 471. The second-order valence-electron chi connectivity index (χ2n) is 5.51. The number of aryl methyl sites for hydroxylation is 1. The second kappa shape index (κ2) is 4.39. The molecule has 0 bridgehead atoms. The summed E-state index contributed by atoms with van der Waals surface area (Å²) in [5.74, 6) is -0.0461. The van der Waals surface area contributed by atoms with Gasteiger partial charge in [-0.05, 0) is 30.4 Å². The maximum atomic E-state index is 11.9. The molecule has 18 heavy (non-hydrogen) atoms. The predicted molar refractivity (Wildman–Crippen MR) is 69.3 cm³/mol. The molecule has 3 rings (SSSR count). The molecule has 2 aliphatic rings.